The maximum Gasteiger partial charge on any atom is 0.238 e. The Labute approximate surface area is 136 Å². The number of primary sulfonamides is 1. The summed E-state index contributed by atoms with van der Waals surface area (Å²) in [6.07, 6.45) is 1.57. The summed E-state index contributed by atoms with van der Waals surface area (Å²) in [6.45, 7) is 2.21. The summed E-state index contributed by atoms with van der Waals surface area (Å²) in [6, 6.07) is 6.08. The van der Waals surface area contributed by atoms with Crippen LogP contribution in [0.25, 0.3) is 0 Å². The quantitative estimate of drug-likeness (QED) is 0.630. The fourth-order valence-corrected chi connectivity index (χ4v) is 2.88. The number of nitrogens with one attached hydrogen (secondary N) is 1. The molecule has 0 aromatic heterocycles. The van der Waals surface area contributed by atoms with Crippen LogP contribution in [0.2, 0.25) is 0 Å². The molecular weight excluding hydrogens is 342 g/mol. The lowest BCUT2D eigenvalue weighted by Gasteiger charge is -2.21. The van der Waals surface area contributed by atoms with Gasteiger partial charge in [0.25, 0.3) is 0 Å². The van der Waals surface area contributed by atoms with Gasteiger partial charge in [-0.2, -0.15) is 0 Å². The van der Waals surface area contributed by atoms with Gasteiger partial charge in [0.15, 0.2) is 0 Å². The van der Waals surface area contributed by atoms with Gasteiger partial charge in [-0.3, -0.25) is 4.79 Å². The summed E-state index contributed by atoms with van der Waals surface area (Å²) in [5.74, 6) is -0.165. The summed E-state index contributed by atoms with van der Waals surface area (Å²) < 4.78 is 46.7. The summed E-state index contributed by atoms with van der Waals surface area (Å²) in [5.41, 5.74) is 0.847. The Morgan fingerprint density at radius 3 is 2.13 bits per heavy atom. The van der Waals surface area contributed by atoms with Gasteiger partial charge in [-0.15, -0.1) is 0 Å². The highest BCUT2D eigenvalue weighted by Gasteiger charge is 2.11. The predicted octanol–water partition coefficient (Wildman–Crippen LogP) is -0.726. The molecule has 0 aliphatic rings. The molecule has 8 nitrogen and oxygen atoms in total. The van der Waals surface area contributed by atoms with Crippen LogP contribution in [0.3, 0.4) is 0 Å². The van der Waals surface area contributed by atoms with Gasteiger partial charge < -0.3 is 4.90 Å². The molecule has 1 aromatic carbocycles. The standard InChI is InChI=1S/C13H21N3O5S2/c1-11(17)16(10-8-15-22(2,18)19)9-7-12-3-5-13(6-4-12)23(14,20)21/h3-6,15H,7-10H2,1-2H3,(H2,14,20,21). The Morgan fingerprint density at radius 2 is 1.70 bits per heavy atom. The van der Waals surface area contributed by atoms with Crippen molar-refractivity contribution in [2.24, 2.45) is 5.14 Å². The molecule has 0 saturated carbocycles. The minimum absolute atomic E-state index is 0.0297. The van der Waals surface area contributed by atoms with Crippen LogP contribution in [0.15, 0.2) is 29.2 Å². The van der Waals surface area contributed by atoms with Gasteiger partial charge in [0.2, 0.25) is 26.0 Å². The normalized spacial score (nSPS) is 12.1. The molecule has 0 fully saturated rings. The van der Waals surface area contributed by atoms with Crippen molar-refractivity contribution in [2.75, 3.05) is 25.9 Å². The van der Waals surface area contributed by atoms with Crippen LogP contribution in [-0.2, 0) is 31.3 Å². The van der Waals surface area contributed by atoms with Gasteiger partial charge in [0.1, 0.15) is 0 Å². The minimum atomic E-state index is -3.72. The number of benzene rings is 1. The summed E-state index contributed by atoms with van der Waals surface area (Å²) in [7, 11) is -7.01. The number of hydrogen-bond acceptors (Lipinski definition) is 5. The molecular formula is C13H21N3O5S2. The van der Waals surface area contributed by atoms with E-state index in [2.05, 4.69) is 4.72 Å². The fraction of sp³-hybridized carbons (Fsp3) is 0.462. The first kappa shape index (κ1) is 19.6. The van der Waals surface area contributed by atoms with Crippen molar-refractivity contribution in [3.05, 3.63) is 29.8 Å². The largest absolute Gasteiger partial charge is 0.341 e. The van der Waals surface area contributed by atoms with Crippen molar-refractivity contribution in [1.82, 2.24) is 9.62 Å². The fourth-order valence-electron chi connectivity index (χ4n) is 1.90. The van der Waals surface area contributed by atoms with E-state index in [1.54, 1.807) is 12.1 Å². The van der Waals surface area contributed by atoms with E-state index in [1.165, 1.54) is 24.0 Å². The molecule has 0 radical (unpaired) electrons. The molecule has 1 amide bonds. The third-order valence-electron chi connectivity index (χ3n) is 3.11. The first-order valence-corrected chi connectivity index (χ1v) is 10.2. The van der Waals surface area contributed by atoms with Crippen molar-refractivity contribution in [3.8, 4) is 0 Å². The summed E-state index contributed by atoms with van der Waals surface area (Å²) in [5, 5.41) is 5.02. The zero-order chi connectivity index (χ0) is 17.7. The number of hydrogen-bond donors (Lipinski definition) is 2. The van der Waals surface area contributed by atoms with E-state index in [0.717, 1.165) is 11.8 Å². The second-order valence-electron chi connectivity index (χ2n) is 5.11. The summed E-state index contributed by atoms with van der Waals surface area (Å²) >= 11 is 0. The zero-order valence-corrected chi connectivity index (χ0v) is 14.7. The highest BCUT2D eigenvalue weighted by Crippen LogP contribution is 2.09. The van der Waals surface area contributed by atoms with Gasteiger partial charge >= 0.3 is 0 Å². The average molecular weight is 363 g/mol. The third-order valence-corrected chi connectivity index (χ3v) is 4.77. The number of nitrogens with zero attached hydrogens (tertiary/aromatic N) is 1. The molecule has 0 heterocycles. The SMILES string of the molecule is CC(=O)N(CCNS(C)(=O)=O)CCc1ccc(S(N)(=O)=O)cc1. The van der Waals surface area contributed by atoms with E-state index >= 15 is 0 Å². The van der Waals surface area contributed by atoms with Crippen LogP contribution in [-0.4, -0.2) is 53.5 Å². The Balaban J connectivity index is 2.60. The van der Waals surface area contributed by atoms with E-state index in [9.17, 15) is 21.6 Å². The Bertz CT molecular complexity index is 742. The van der Waals surface area contributed by atoms with Crippen molar-refractivity contribution in [2.45, 2.75) is 18.2 Å². The highest BCUT2D eigenvalue weighted by atomic mass is 32.2. The second-order valence-corrected chi connectivity index (χ2v) is 8.51. The number of carbonyl (C=O) groups excluding carboxylic acids is 1. The molecule has 0 saturated heterocycles. The van der Waals surface area contributed by atoms with E-state index in [0.29, 0.717) is 13.0 Å². The number of rotatable bonds is 8. The van der Waals surface area contributed by atoms with Crippen molar-refractivity contribution >= 4 is 26.0 Å². The van der Waals surface area contributed by atoms with Crippen LogP contribution < -0.4 is 9.86 Å². The molecule has 1 aromatic rings. The topological polar surface area (TPSA) is 127 Å². The number of amides is 1. The molecule has 0 aliphatic carbocycles. The molecule has 1 rings (SSSR count). The van der Waals surface area contributed by atoms with E-state index in [1.807, 2.05) is 0 Å². The van der Waals surface area contributed by atoms with E-state index in [4.69, 9.17) is 5.14 Å². The molecule has 0 spiro atoms. The molecule has 130 valence electrons. The first-order chi connectivity index (χ1) is 10.5. The third kappa shape index (κ3) is 7.55. The Morgan fingerprint density at radius 1 is 1.13 bits per heavy atom. The maximum atomic E-state index is 11.6. The van der Waals surface area contributed by atoms with Crippen LogP contribution in [0.1, 0.15) is 12.5 Å². The average Bonchev–Trinajstić information content (AvgIpc) is 2.40. The smallest absolute Gasteiger partial charge is 0.238 e. The zero-order valence-electron chi connectivity index (χ0n) is 13.0. The van der Waals surface area contributed by atoms with Crippen LogP contribution in [0.4, 0.5) is 0 Å². The maximum absolute atomic E-state index is 11.6. The molecule has 23 heavy (non-hydrogen) atoms. The van der Waals surface area contributed by atoms with Gasteiger partial charge in [-0.1, -0.05) is 12.1 Å². The summed E-state index contributed by atoms with van der Waals surface area (Å²) in [4.78, 5) is 13.1. The molecule has 0 bridgehead atoms. The van der Waals surface area contributed by atoms with Crippen LogP contribution in [0.5, 0.6) is 0 Å². The van der Waals surface area contributed by atoms with Gasteiger partial charge in [0.05, 0.1) is 11.2 Å². The van der Waals surface area contributed by atoms with E-state index in [-0.39, 0.29) is 23.9 Å². The number of nitrogens with two attached hydrogens (primary N) is 1. The highest BCUT2D eigenvalue weighted by molar-refractivity contribution is 7.89. The molecule has 0 aliphatic heterocycles. The van der Waals surface area contributed by atoms with Gasteiger partial charge in [0, 0.05) is 26.6 Å². The van der Waals surface area contributed by atoms with Crippen molar-refractivity contribution < 1.29 is 21.6 Å². The van der Waals surface area contributed by atoms with Crippen LogP contribution >= 0.6 is 0 Å². The van der Waals surface area contributed by atoms with E-state index < -0.39 is 20.0 Å². The lowest BCUT2D eigenvalue weighted by atomic mass is 10.1. The second kappa shape index (κ2) is 7.86. The monoisotopic (exact) mass is 363 g/mol. The predicted molar refractivity (Wildman–Crippen MR) is 86.6 cm³/mol. The van der Waals surface area contributed by atoms with Crippen molar-refractivity contribution in [1.29, 1.82) is 0 Å². The molecule has 3 N–H and O–H groups in total. The Hall–Kier alpha value is -1.49. The number of sulfonamides is 2. The van der Waals surface area contributed by atoms with Crippen molar-refractivity contribution in [3.63, 3.8) is 0 Å². The Kier molecular flexibility index (Phi) is 6.69. The molecule has 10 heteroatoms. The first-order valence-electron chi connectivity index (χ1n) is 6.81. The molecule has 0 atom stereocenters. The van der Waals surface area contributed by atoms with Crippen LogP contribution in [0, 0.1) is 0 Å². The number of carbonyl (C=O) groups is 1. The lowest BCUT2D eigenvalue weighted by molar-refractivity contribution is -0.128. The lowest BCUT2D eigenvalue weighted by Crippen LogP contribution is -2.38. The van der Waals surface area contributed by atoms with Gasteiger partial charge in [-0.05, 0) is 24.1 Å². The van der Waals surface area contributed by atoms with Gasteiger partial charge in [-0.25, -0.2) is 26.7 Å². The minimum Gasteiger partial charge on any atom is -0.341 e. The molecule has 0 unspecified atom stereocenters.